The number of aliphatic hydroxyl groups excluding tert-OH is 2. The van der Waals surface area contributed by atoms with Crippen LogP contribution >= 0.6 is 0 Å². The molecular weight excluding hydrogens is 214 g/mol. The lowest BCUT2D eigenvalue weighted by atomic mass is 10.1. The highest BCUT2D eigenvalue weighted by atomic mass is 16.5. The van der Waals surface area contributed by atoms with Crippen LogP contribution in [-0.2, 0) is 9.53 Å². The average molecular weight is 227 g/mol. The summed E-state index contributed by atoms with van der Waals surface area (Å²) in [5, 5.41) is 19.0. The molecule has 0 fully saturated rings. The van der Waals surface area contributed by atoms with Gasteiger partial charge in [-0.15, -0.1) is 0 Å². The number of nitrogen functional groups attached to an aromatic ring is 1. The van der Waals surface area contributed by atoms with Crippen molar-refractivity contribution < 1.29 is 19.7 Å². The summed E-state index contributed by atoms with van der Waals surface area (Å²) in [5.41, 5.74) is 2.60. The highest BCUT2D eigenvalue weighted by molar-refractivity contribution is 5.75. The van der Waals surface area contributed by atoms with E-state index in [0.717, 1.165) is 7.11 Å². The van der Waals surface area contributed by atoms with Crippen molar-refractivity contribution in [2.45, 2.75) is 12.2 Å². The van der Waals surface area contributed by atoms with Crippen LogP contribution in [0.5, 0.6) is 0 Å². The summed E-state index contributed by atoms with van der Waals surface area (Å²) in [4.78, 5) is 14.8. The number of ether oxygens (including phenoxy) is 1. The van der Waals surface area contributed by atoms with Gasteiger partial charge in [-0.3, -0.25) is 0 Å². The molecule has 7 nitrogen and oxygen atoms in total. The highest BCUT2D eigenvalue weighted by Crippen LogP contribution is 2.17. The molecule has 88 valence electrons. The Morgan fingerprint density at radius 2 is 2.25 bits per heavy atom. The number of rotatable bonds is 4. The van der Waals surface area contributed by atoms with Crippen molar-refractivity contribution in [3.8, 4) is 0 Å². The second kappa shape index (κ2) is 5.40. The fraction of sp³-hybridized carbons (Fsp3) is 0.333. The largest absolute Gasteiger partial charge is 0.467 e. The molecule has 0 aromatic carbocycles. The second-order valence-electron chi connectivity index (χ2n) is 3.03. The number of methoxy groups -OCH3 is 1. The number of hydrogen-bond acceptors (Lipinski definition) is 7. The Balaban J connectivity index is 2.79. The molecule has 1 heterocycles. The smallest absolute Gasteiger partial charge is 0.337 e. The molecule has 0 amide bonds. The molecule has 7 heteroatoms. The van der Waals surface area contributed by atoms with Crippen molar-refractivity contribution in [1.29, 1.82) is 0 Å². The van der Waals surface area contributed by atoms with E-state index in [-0.39, 0.29) is 5.56 Å². The standard InChI is InChI=1S/C9H13N3O4/c1-16-9(15)8(14)7(13)5-2-3-6(12-10)11-4-5/h2-4,7-8,13-14H,10H2,1H3,(H,11,12). The topological polar surface area (TPSA) is 118 Å². The number of aliphatic hydroxyl groups is 2. The van der Waals surface area contributed by atoms with Gasteiger partial charge in [0, 0.05) is 11.8 Å². The van der Waals surface area contributed by atoms with Crippen molar-refractivity contribution in [2.24, 2.45) is 5.84 Å². The molecule has 16 heavy (non-hydrogen) atoms. The average Bonchev–Trinajstić information content (AvgIpc) is 2.36. The van der Waals surface area contributed by atoms with Gasteiger partial charge in [0.25, 0.3) is 0 Å². The SMILES string of the molecule is COC(=O)C(O)C(O)c1ccc(NN)nc1. The minimum absolute atomic E-state index is 0.289. The molecule has 1 aromatic heterocycles. The van der Waals surface area contributed by atoms with Gasteiger partial charge >= 0.3 is 5.97 Å². The van der Waals surface area contributed by atoms with Gasteiger partial charge in [-0.25, -0.2) is 15.6 Å². The third-order valence-electron chi connectivity index (χ3n) is 2.02. The first kappa shape index (κ1) is 12.4. The van der Waals surface area contributed by atoms with Crippen LogP contribution in [0.1, 0.15) is 11.7 Å². The lowest BCUT2D eigenvalue weighted by molar-refractivity contribution is -0.156. The Labute approximate surface area is 91.8 Å². The third-order valence-corrected chi connectivity index (χ3v) is 2.02. The normalized spacial score (nSPS) is 14.0. The predicted molar refractivity (Wildman–Crippen MR) is 55.0 cm³/mol. The Morgan fingerprint density at radius 1 is 1.56 bits per heavy atom. The van der Waals surface area contributed by atoms with Gasteiger partial charge in [0.05, 0.1) is 7.11 Å². The molecule has 0 aliphatic carbocycles. The molecule has 0 aliphatic rings. The van der Waals surface area contributed by atoms with E-state index >= 15 is 0 Å². The zero-order chi connectivity index (χ0) is 12.1. The number of nitrogens with zero attached hydrogens (tertiary/aromatic N) is 1. The maximum atomic E-state index is 11.0. The van der Waals surface area contributed by atoms with Gasteiger partial charge in [0.15, 0.2) is 6.10 Å². The number of nitrogens with two attached hydrogens (primary N) is 1. The summed E-state index contributed by atoms with van der Waals surface area (Å²) >= 11 is 0. The zero-order valence-electron chi connectivity index (χ0n) is 8.62. The van der Waals surface area contributed by atoms with E-state index < -0.39 is 18.2 Å². The molecule has 0 bridgehead atoms. The number of hydrazine groups is 1. The lowest BCUT2D eigenvalue weighted by Crippen LogP contribution is -2.29. The highest BCUT2D eigenvalue weighted by Gasteiger charge is 2.26. The van der Waals surface area contributed by atoms with E-state index in [4.69, 9.17) is 5.84 Å². The van der Waals surface area contributed by atoms with E-state index in [0.29, 0.717) is 5.82 Å². The lowest BCUT2D eigenvalue weighted by Gasteiger charge is -2.15. The number of esters is 1. The molecule has 0 aliphatic heterocycles. The molecule has 0 radical (unpaired) electrons. The molecule has 1 aromatic rings. The van der Waals surface area contributed by atoms with Crippen molar-refractivity contribution >= 4 is 11.8 Å². The molecule has 2 atom stereocenters. The van der Waals surface area contributed by atoms with E-state index in [2.05, 4.69) is 15.1 Å². The summed E-state index contributed by atoms with van der Waals surface area (Å²) in [6.07, 6.45) is -1.72. The van der Waals surface area contributed by atoms with Crippen LogP contribution < -0.4 is 11.3 Å². The van der Waals surface area contributed by atoms with Gasteiger partial charge in [-0.2, -0.15) is 0 Å². The Morgan fingerprint density at radius 3 is 2.69 bits per heavy atom. The first-order valence-electron chi connectivity index (χ1n) is 4.46. The van der Waals surface area contributed by atoms with Gasteiger partial charge in [0.2, 0.25) is 0 Å². The van der Waals surface area contributed by atoms with Crippen molar-refractivity contribution in [2.75, 3.05) is 12.5 Å². The summed E-state index contributed by atoms with van der Waals surface area (Å²) in [6.45, 7) is 0. The number of carbonyl (C=O) groups excluding carboxylic acids is 1. The van der Waals surface area contributed by atoms with E-state index in [1.165, 1.54) is 18.3 Å². The van der Waals surface area contributed by atoms with Gasteiger partial charge in [-0.1, -0.05) is 6.07 Å². The van der Waals surface area contributed by atoms with Crippen molar-refractivity contribution in [3.05, 3.63) is 23.9 Å². The van der Waals surface area contributed by atoms with Crippen LogP contribution in [0.4, 0.5) is 5.82 Å². The van der Waals surface area contributed by atoms with Crippen molar-refractivity contribution in [3.63, 3.8) is 0 Å². The van der Waals surface area contributed by atoms with Crippen LogP contribution in [0.2, 0.25) is 0 Å². The van der Waals surface area contributed by atoms with E-state index in [1.54, 1.807) is 0 Å². The molecular formula is C9H13N3O4. The maximum absolute atomic E-state index is 11.0. The summed E-state index contributed by atoms with van der Waals surface area (Å²) in [5.74, 6) is 4.60. The number of anilines is 1. The third kappa shape index (κ3) is 2.66. The number of nitrogens with one attached hydrogen (secondary N) is 1. The molecule has 1 rings (SSSR count). The van der Waals surface area contributed by atoms with Gasteiger partial charge in [0.1, 0.15) is 11.9 Å². The molecule has 0 saturated carbocycles. The molecule has 5 N–H and O–H groups in total. The van der Waals surface area contributed by atoms with Crippen LogP contribution in [0.3, 0.4) is 0 Å². The van der Waals surface area contributed by atoms with E-state index in [1.807, 2.05) is 0 Å². The Bertz CT molecular complexity index is 354. The summed E-state index contributed by atoms with van der Waals surface area (Å²) < 4.78 is 4.30. The number of aromatic nitrogens is 1. The van der Waals surface area contributed by atoms with Gasteiger partial charge < -0.3 is 20.4 Å². The molecule has 0 spiro atoms. The van der Waals surface area contributed by atoms with Crippen LogP contribution in [0.15, 0.2) is 18.3 Å². The zero-order valence-corrected chi connectivity index (χ0v) is 8.62. The second-order valence-corrected chi connectivity index (χ2v) is 3.03. The number of pyridine rings is 1. The minimum atomic E-state index is -1.64. The van der Waals surface area contributed by atoms with Gasteiger partial charge in [-0.05, 0) is 6.07 Å². The first-order chi connectivity index (χ1) is 7.60. The molecule has 0 saturated heterocycles. The molecule has 2 unspecified atom stereocenters. The fourth-order valence-electron chi connectivity index (χ4n) is 1.10. The monoisotopic (exact) mass is 227 g/mol. The Kier molecular flexibility index (Phi) is 4.18. The number of hydrogen-bond donors (Lipinski definition) is 4. The first-order valence-corrected chi connectivity index (χ1v) is 4.46. The maximum Gasteiger partial charge on any atom is 0.337 e. The van der Waals surface area contributed by atoms with Crippen molar-refractivity contribution in [1.82, 2.24) is 4.98 Å². The minimum Gasteiger partial charge on any atom is -0.467 e. The van der Waals surface area contributed by atoms with Crippen LogP contribution in [-0.4, -0.2) is 34.4 Å². The predicted octanol–water partition coefficient (Wildman–Crippen LogP) is -1.07. The quantitative estimate of drug-likeness (QED) is 0.294. The Hall–Kier alpha value is -1.70. The van der Waals surface area contributed by atoms with Crippen LogP contribution in [0, 0.1) is 0 Å². The number of carbonyl (C=O) groups is 1. The van der Waals surface area contributed by atoms with Crippen LogP contribution in [0.25, 0.3) is 0 Å². The summed E-state index contributed by atoms with van der Waals surface area (Å²) in [7, 11) is 1.12. The van der Waals surface area contributed by atoms with E-state index in [9.17, 15) is 15.0 Å². The fourth-order valence-corrected chi connectivity index (χ4v) is 1.10. The summed E-state index contributed by atoms with van der Waals surface area (Å²) in [6, 6.07) is 2.99.